The first kappa shape index (κ1) is 46.0. The van der Waals surface area contributed by atoms with Crippen molar-refractivity contribution in [2.75, 3.05) is 31.6 Å². The Morgan fingerprint density at radius 2 is 1.46 bits per heavy atom. The van der Waals surface area contributed by atoms with E-state index in [2.05, 4.69) is 54.0 Å². The molecule has 8 nitrogen and oxygen atoms in total. The maximum Gasteiger partial charge on any atom is 0.456 e. The number of aromatic nitrogens is 1. The fraction of sp³-hybridized carbons (Fsp3) is 0.500. The average Bonchev–Trinajstić information content (AvgIpc) is 3.12. The third-order valence-electron chi connectivity index (χ3n) is 9.05. The van der Waals surface area contributed by atoms with Gasteiger partial charge >= 0.3 is 11.6 Å². The van der Waals surface area contributed by atoms with Crippen LogP contribution in [0.15, 0.2) is 72.8 Å². The summed E-state index contributed by atoms with van der Waals surface area (Å²) in [7, 11) is 0. The first-order chi connectivity index (χ1) is 26.6. The van der Waals surface area contributed by atoms with Crippen LogP contribution < -0.4 is 15.4 Å². The number of hydrogen-bond acceptors (Lipinski definition) is 8. The number of alkyl halides is 3. The molecule has 57 heavy (non-hydrogen) atoms. The van der Waals surface area contributed by atoms with Gasteiger partial charge < -0.3 is 24.8 Å². The Kier molecular flexibility index (Phi) is 15.6. The van der Waals surface area contributed by atoms with E-state index >= 15 is 0 Å². The minimum absolute atomic E-state index is 0.0589. The Labute approximate surface area is 345 Å². The SMILES string of the molecule is CC.Cc1ccc(C(c2ccc(Cl)cc2)c2ccc3nc(OC(C)(C)COC(C)(C)CNC(=O)OC(C)(C)C)cc(NC4CCN(SC(F)(F)F)CC4)c3c2)cc1. The van der Waals surface area contributed by atoms with Crippen molar-refractivity contribution in [3.8, 4) is 5.88 Å². The number of benzene rings is 3. The first-order valence-corrected chi connectivity index (χ1v) is 20.6. The number of rotatable bonds is 13. The third-order valence-corrected chi connectivity index (χ3v) is 10.1. The highest BCUT2D eigenvalue weighted by Gasteiger charge is 2.35. The summed E-state index contributed by atoms with van der Waals surface area (Å²) in [4.78, 5) is 17.2. The number of halogens is 4. The molecule has 2 N–H and O–H groups in total. The Balaban J connectivity index is 0.00000354. The molecule has 1 fully saturated rings. The number of carbonyl (C=O) groups is 1. The van der Waals surface area contributed by atoms with Crippen molar-refractivity contribution >= 4 is 46.2 Å². The van der Waals surface area contributed by atoms with Crippen molar-refractivity contribution in [1.29, 1.82) is 0 Å². The molecule has 0 aliphatic carbocycles. The Hall–Kier alpha value is -3.71. The molecule has 312 valence electrons. The van der Waals surface area contributed by atoms with Crippen LogP contribution in [0.25, 0.3) is 10.9 Å². The molecule has 0 radical (unpaired) electrons. The smallest absolute Gasteiger partial charge is 0.456 e. The molecule has 1 aromatic heterocycles. The van der Waals surface area contributed by atoms with E-state index in [1.807, 2.05) is 77.9 Å². The number of anilines is 1. The Morgan fingerprint density at radius 3 is 2.04 bits per heavy atom. The summed E-state index contributed by atoms with van der Waals surface area (Å²) >= 11 is 6.23. The monoisotopic (exact) mass is 830 g/mol. The molecule has 1 saturated heterocycles. The van der Waals surface area contributed by atoms with Crippen LogP contribution in [-0.4, -0.2) is 70.0 Å². The zero-order chi connectivity index (χ0) is 42.2. The zero-order valence-corrected chi connectivity index (χ0v) is 36.3. The van der Waals surface area contributed by atoms with Gasteiger partial charge in [0, 0.05) is 65.7 Å². The number of pyridine rings is 1. The summed E-state index contributed by atoms with van der Waals surface area (Å²) < 4.78 is 58.8. The molecule has 2 heterocycles. The number of fused-ring (bicyclic) bond motifs is 1. The van der Waals surface area contributed by atoms with E-state index in [4.69, 9.17) is 30.8 Å². The van der Waals surface area contributed by atoms with Crippen LogP contribution in [0, 0.1) is 6.92 Å². The molecule has 13 heteroatoms. The van der Waals surface area contributed by atoms with Gasteiger partial charge in [0.15, 0.2) is 0 Å². The van der Waals surface area contributed by atoms with Crippen LogP contribution >= 0.6 is 23.5 Å². The minimum Gasteiger partial charge on any atom is -0.469 e. The molecule has 1 unspecified atom stereocenters. The van der Waals surface area contributed by atoms with Gasteiger partial charge in [-0.05, 0) is 109 Å². The highest BCUT2D eigenvalue weighted by Crippen LogP contribution is 2.39. The fourth-order valence-electron chi connectivity index (χ4n) is 6.35. The van der Waals surface area contributed by atoms with Crippen LogP contribution in [0.4, 0.5) is 23.7 Å². The van der Waals surface area contributed by atoms with E-state index in [0.29, 0.717) is 42.4 Å². The van der Waals surface area contributed by atoms with Crippen LogP contribution in [0.2, 0.25) is 5.02 Å². The molecule has 0 bridgehead atoms. The lowest BCUT2D eigenvalue weighted by Gasteiger charge is -2.33. The minimum atomic E-state index is -4.32. The van der Waals surface area contributed by atoms with E-state index in [1.165, 1.54) is 4.31 Å². The van der Waals surface area contributed by atoms with E-state index in [0.717, 1.165) is 33.3 Å². The first-order valence-electron chi connectivity index (χ1n) is 19.5. The summed E-state index contributed by atoms with van der Waals surface area (Å²) in [6.45, 7) is 20.0. The molecule has 1 aliphatic rings. The van der Waals surface area contributed by atoms with Crippen LogP contribution in [0.1, 0.15) is 103 Å². The third kappa shape index (κ3) is 14.6. The number of alkyl carbamates (subject to hydrolysis) is 1. The lowest BCUT2D eigenvalue weighted by molar-refractivity contribution is -0.0809. The molecule has 1 aliphatic heterocycles. The van der Waals surface area contributed by atoms with Crippen LogP contribution in [-0.2, 0) is 9.47 Å². The van der Waals surface area contributed by atoms with Crippen molar-refractivity contribution in [3.63, 3.8) is 0 Å². The van der Waals surface area contributed by atoms with Crippen LogP contribution in [0.3, 0.4) is 0 Å². The van der Waals surface area contributed by atoms with Gasteiger partial charge in [0.1, 0.15) is 11.2 Å². The summed E-state index contributed by atoms with van der Waals surface area (Å²) in [5, 5.41) is 7.95. The average molecular weight is 831 g/mol. The quantitative estimate of drug-likeness (QED) is 0.102. The van der Waals surface area contributed by atoms with Gasteiger partial charge in [-0.2, -0.15) is 13.2 Å². The molecule has 0 saturated carbocycles. The number of nitrogens with one attached hydrogen (secondary N) is 2. The number of piperidine rings is 1. The lowest BCUT2D eigenvalue weighted by Crippen LogP contribution is -2.45. The number of ether oxygens (including phenoxy) is 3. The molecule has 5 rings (SSSR count). The summed E-state index contributed by atoms with van der Waals surface area (Å²) in [6, 6.07) is 24.3. The van der Waals surface area contributed by atoms with Gasteiger partial charge in [0.25, 0.3) is 0 Å². The van der Waals surface area contributed by atoms with Gasteiger partial charge in [-0.1, -0.05) is 73.5 Å². The predicted octanol–water partition coefficient (Wildman–Crippen LogP) is 11.9. The maximum atomic E-state index is 13.1. The molecule has 0 spiro atoms. The summed E-state index contributed by atoms with van der Waals surface area (Å²) in [6.07, 6.45) is 0.544. The van der Waals surface area contributed by atoms with Crippen molar-refractivity contribution in [2.45, 2.75) is 116 Å². The van der Waals surface area contributed by atoms with Crippen molar-refractivity contribution < 1.29 is 32.2 Å². The lowest BCUT2D eigenvalue weighted by atomic mass is 9.84. The Bertz CT molecular complexity index is 1870. The second-order valence-electron chi connectivity index (χ2n) is 16.3. The summed E-state index contributed by atoms with van der Waals surface area (Å²) in [5.41, 5.74) is -0.600. The standard InChI is InChI=1S/C42H52ClF3N4O4S.C2H6/c1-27-9-11-28(12-10-27)37(29-13-16-31(43)17-14-29)30-15-18-34-33(23-30)35(48-32-19-21-50(22-20-32)55-42(44,45)46)24-36(49-34)53-41(7,8)26-52-40(5,6)25-47-38(51)54-39(2,3)4;1-2/h9-18,23-24,32,37H,19-22,25-26H2,1-8H3,(H,47,51)(H,48,49);1-2H3. The normalized spacial score (nSPS) is 15.1. The molecular formula is C44H58ClF3N4O4S. The number of aryl methyl sites for hydroxylation is 1. The van der Waals surface area contributed by atoms with E-state index in [-0.39, 0.29) is 37.1 Å². The molecule has 4 aromatic rings. The van der Waals surface area contributed by atoms with E-state index < -0.39 is 28.4 Å². The molecular weight excluding hydrogens is 773 g/mol. The van der Waals surface area contributed by atoms with Gasteiger partial charge in [-0.3, -0.25) is 0 Å². The molecule has 1 atom stereocenters. The van der Waals surface area contributed by atoms with Crippen molar-refractivity contribution in [1.82, 2.24) is 14.6 Å². The van der Waals surface area contributed by atoms with E-state index in [9.17, 15) is 18.0 Å². The highest BCUT2D eigenvalue weighted by atomic mass is 35.5. The topological polar surface area (TPSA) is 85.0 Å². The summed E-state index contributed by atoms with van der Waals surface area (Å²) in [5.74, 6) is 0.275. The Morgan fingerprint density at radius 1 is 0.877 bits per heavy atom. The van der Waals surface area contributed by atoms with Crippen LogP contribution in [0.5, 0.6) is 5.88 Å². The highest BCUT2D eigenvalue weighted by molar-refractivity contribution is 7.97. The van der Waals surface area contributed by atoms with Gasteiger partial charge in [-0.15, -0.1) is 0 Å². The fourth-order valence-corrected chi connectivity index (χ4v) is 7.16. The van der Waals surface area contributed by atoms with Gasteiger partial charge in [0.2, 0.25) is 5.88 Å². The number of amides is 1. The van der Waals surface area contributed by atoms with Gasteiger partial charge in [0.05, 0.1) is 17.7 Å². The molecule has 1 amide bonds. The van der Waals surface area contributed by atoms with Gasteiger partial charge in [-0.25, -0.2) is 14.1 Å². The molecule has 3 aromatic carbocycles. The predicted molar refractivity (Wildman–Crippen MR) is 228 cm³/mol. The number of carbonyl (C=O) groups excluding carboxylic acids is 1. The largest absolute Gasteiger partial charge is 0.469 e. The van der Waals surface area contributed by atoms with E-state index in [1.54, 1.807) is 20.8 Å². The number of nitrogens with zero attached hydrogens (tertiary/aromatic N) is 2. The maximum absolute atomic E-state index is 13.1. The second-order valence-corrected chi connectivity index (χ2v) is 17.9. The zero-order valence-electron chi connectivity index (χ0n) is 34.8. The number of hydrogen-bond donors (Lipinski definition) is 2. The second kappa shape index (κ2) is 19.4. The van der Waals surface area contributed by atoms with Crippen molar-refractivity contribution in [2.24, 2.45) is 0 Å². The van der Waals surface area contributed by atoms with Crippen molar-refractivity contribution in [3.05, 3.63) is 100 Å².